The molecule has 1 aromatic heterocycles. The third-order valence-corrected chi connectivity index (χ3v) is 9.01. The van der Waals surface area contributed by atoms with Gasteiger partial charge >= 0.3 is 12.1 Å². The molecule has 3 fully saturated rings. The minimum atomic E-state index is -1.23. The largest absolute Gasteiger partial charge is 0.483 e. The Morgan fingerprint density at radius 2 is 1.73 bits per heavy atom. The molecule has 49 heavy (non-hydrogen) atoms. The Balaban J connectivity index is 1.29. The predicted octanol–water partition coefficient (Wildman–Crippen LogP) is 1.68. The number of carbonyl (C=O) groups excluding carboxylic acids is 5. The molecule has 3 N–H and O–H groups in total. The summed E-state index contributed by atoms with van der Waals surface area (Å²) < 4.78 is 25.2. The summed E-state index contributed by atoms with van der Waals surface area (Å²) in [5, 5.41) is 15.1. The van der Waals surface area contributed by atoms with Crippen molar-refractivity contribution >= 4 is 46.6 Å². The first-order chi connectivity index (χ1) is 23.5. The Labute approximate surface area is 282 Å². The van der Waals surface area contributed by atoms with Crippen molar-refractivity contribution in [3.8, 4) is 5.75 Å². The van der Waals surface area contributed by atoms with Crippen molar-refractivity contribution < 1.29 is 47.7 Å². The average molecular weight is 685 g/mol. The number of fused-ring (bicyclic) bond motifs is 1. The molecule has 2 saturated heterocycles. The van der Waals surface area contributed by atoms with Crippen molar-refractivity contribution in [3.05, 3.63) is 35.8 Å². The molecule has 0 bridgehead atoms. The lowest BCUT2D eigenvalue weighted by atomic mass is 9.93. The van der Waals surface area contributed by atoms with Gasteiger partial charge in [-0.05, 0) is 63.6 Å². The average Bonchev–Trinajstić information content (AvgIpc) is 3.57. The van der Waals surface area contributed by atoms with E-state index >= 15 is 0 Å². The fourth-order valence-electron chi connectivity index (χ4n) is 6.11. The number of amides is 5. The fraction of sp³-hybridized carbons (Fsp3) is 0.545. The predicted molar refractivity (Wildman–Crippen MR) is 171 cm³/mol. The molecule has 5 rings (SSSR count). The van der Waals surface area contributed by atoms with Gasteiger partial charge in [-0.1, -0.05) is 0 Å². The molecular formula is C33H41FN6O9. The molecule has 2 aromatic rings. The molecule has 0 spiro atoms. The number of aliphatic carboxylic acids is 1. The number of carboxylic acids is 1. The molecule has 3 heterocycles. The van der Waals surface area contributed by atoms with E-state index in [1.165, 1.54) is 26.8 Å². The van der Waals surface area contributed by atoms with Crippen LogP contribution in [-0.4, -0.2) is 125 Å². The van der Waals surface area contributed by atoms with E-state index in [-0.39, 0.29) is 73.5 Å². The second-order valence-electron chi connectivity index (χ2n) is 12.3. The summed E-state index contributed by atoms with van der Waals surface area (Å²) in [5.41, 5.74) is -0.0281. The molecule has 2 aliphatic heterocycles. The number of likely N-dealkylation sites (tertiary alicyclic amines) is 1. The minimum absolute atomic E-state index is 0.0128. The third-order valence-electron chi connectivity index (χ3n) is 9.01. The van der Waals surface area contributed by atoms with E-state index in [9.17, 15) is 38.3 Å². The molecule has 0 radical (unpaired) electrons. The zero-order chi connectivity index (χ0) is 35.1. The van der Waals surface area contributed by atoms with Crippen molar-refractivity contribution in [2.75, 3.05) is 45.9 Å². The van der Waals surface area contributed by atoms with Gasteiger partial charge in [-0.3, -0.25) is 24.0 Å². The molecular weight excluding hydrogens is 643 g/mol. The van der Waals surface area contributed by atoms with Gasteiger partial charge < -0.3 is 39.9 Å². The van der Waals surface area contributed by atoms with Crippen LogP contribution in [0.25, 0.3) is 10.9 Å². The maximum atomic E-state index is 14.3. The van der Waals surface area contributed by atoms with Gasteiger partial charge in [-0.2, -0.15) is 0 Å². The first-order valence-electron chi connectivity index (χ1n) is 16.6. The van der Waals surface area contributed by atoms with Gasteiger partial charge in [0.1, 0.15) is 29.3 Å². The Morgan fingerprint density at radius 3 is 2.41 bits per heavy atom. The summed E-state index contributed by atoms with van der Waals surface area (Å²) in [7, 11) is 0. The van der Waals surface area contributed by atoms with Crippen LogP contribution in [0, 0.1) is 5.82 Å². The number of nitrogens with one attached hydrogen (secondary N) is 2. The highest BCUT2D eigenvalue weighted by Crippen LogP contribution is 2.28. The van der Waals surface area contributed by atoms with Gasteiger partial charge in [0.25, 0.3) is 11.8 Å². The number of hydrogen-bond acceptors (Lipinski definition) is 9. The lowest BCUT2D eigenvalue weighted by molar-refractivity contribution is -0.140. The number of nitrogens with zero attached hydrogens (tertiary/aromatic N) is 4. The highest BCUT2D eigenvalue weighted by molar-refractivity contribution is 5.99. The molecule has 1 saturated carbocycles. The second kappa shape index (κ2) is 15.9. The standard InChI is InChI=1S/C33H41FN6O9/c1-2-48-33(47)39-15-13-38(14-16-39)32(46)24(10-11-29(42)43)37-30(44)25-18-27(22-17-20(34)8-9-23(22)36-25)49-19-28(41)40-12-4-7-26(40)31(45)35-21-5-3-6-21/h8-9,17-18,21,24,26H,2-7,10-16,19H2,1H3,(H,35,45)(H,37,44)(H,42,43)/t24-,26-/m0/s1. The van der Waals surface area contributed by atoms with Crippen LogP contribution in [0.2, 0.25) is 0 Å². The van der Waals surface area contributed by atoms with Crippen LogP contribution in [0.4, 0.5) is 9.18 Å². The Kier molecular flexibility index (Phi) is 11.5. The minimum Gasteiger partial charge on any atom is -0.483 e. The monoisotopic (exact) mass is 684 g/mol. The number of halogens is 1. The number of carboxylic acid groups (broad SMARTS) is 1. The lowest BCUT2D eigenvalue weighted by Gasteiger charge is -2.35. The Bertz CT molecular complexity index is 1590. The van der Waals surface area contributed by atoms with E-state index in [2.05, 4.69) is 15.6 Å². The first kappa shape index (κ1) is 35.3. The maximum Gasteiger partial charge on any atom is 0.409 e. The number of pyridine rings is 1. The van der Waals surface area contributed by atoms with E-state index in [1.54, 1.807) is 6.92 Å². The van der Waals surface area contributed by atoms with E-state index in [4.69, 9.17) is 9.47 Å². The molecule has 15 nitrogen and oxygen atoms in total. The maximum absolute atomic E-state index is 14.3. The van der Waals surface area contributed by atoms with E-state index < -0.39 is 60.7 Å². The SMILES string of the molecule is CCOC(=O)N1CCN(C(=O)[C@H](CCC(=O)O)NC(=O)c2cc(OCC(=O)N3CCC[C@H]3C(=O)NC3CCC3)c3cc(F)ccc3n2)CC1. The Hall–Kier alpha value is -5.02. The van der Waals surface area contributed by atoms with Crippen LogP contribution in [0.15, 0.2) is 24.3 Å². The molecule has 5 amide bonds. The van der Waals surface area contributed by atoms with Gasteiger partial charge in [0.15, 0.2) is 6.61 Å². The van der Waals surface area contributed by atoms with Crippen molar-refractivity contribution in [1.82, 2.24) is 30.3 Å². The van der Waals surface area contributed by atoms with Crippen LogP contribution in [-0.2, 0) is 23.9 Å². The number of carbonyl (C=O) groups is 6. The highest BCUT2D eigenvalue weighted by Gasteiger charge is 2.36. The van der Waals surface area contributed by atoms with Crippen LogP contribution in [0.3, 0.4) is 0 Å². The topological polar surface area (TPSA) is 188 Å². The number of ether oxygens (including phenoxy) is 2. The summed E-state index contributed by atoms with van der Waals surface area (Å²) in [6.07, 6.45) is 2.96. The third kappa shape index (κ3) is 8.72. The van der Waals surface area contributed by atoms with Crippen molar-refractivity contribution in [2.45, 2.75) is 70.0 Å². The second-order valence-corrected chi connectivity index (χ2v) is 12.3. The number of aromatic nitrogens is 1. The summed E-state index contributed by atoms with van der Waals surface area (Å²) in [6.45, 7) is 2.51. The number of piperazine rings is 1. The van der Waals surface area contributed by atoms with Crippen molar-refractivity contribution in [2.24, 2.45) is 0 Å². The summed E-state index contributed by atoms with van der Waals surface area (Å²) >= 11 is 0. The number of rotatable bonds is 12. The van der Waals surface area contributed by atoms with Crippen LogP contribution < -0.4 is 15.4 Å². The van der Waals surface area contributed by atoms with Gasteiger partial charge in [0, 0.05) is 56.6 Å². The van der Waals surface area contributed by atoms with Crippen molar-refractivity contribution in [1.29, 1.82) is 0 Å². The first-order valence-corrected chi connectivity index (χ1v) is 16.6. The van der Waals surface area contributed by atoms with E-state index in [1.807, 2.05) is 0 Å². The summed E-state index contributed by atoms with van der Waals surface area (Å²) in [5.74, 6) is -3.75. The molecule has 1 aromatic carbocycles. The van der Waals surface area contributed by atoms with Crippen LogP contribution in [0.1, 0.15) is 62.4 Å². The fourth-order valence-corrected chi connectivity index (χ4v) is 6.11. The van der Waals surface area contributed by atoms with Gasteiger partial charge in [-0.15, -0.1) is 0 Å². The van der Waals surface area contributed by atoms with Gasteiger partial charge in [0.05, 0.1) is 12.1 Å². The number of benzene rings is 1. The summed E-state index contributed by atoms with van der Waals surface area (Å²) in [4.78, 5) is 85.2. The Morgan fingerprint density at radius 1 is 1.00 bits per heavy atom. The molecule has 0 unspecified atom stereocenters. The molecule has 2 atom stereocenters. The molecule has 264 valence electrons. The smallest absolute Gasteiger partial charge is 0.409 e. The van der Waals surface area contributed by atoms with E-state index in [0.717, 1.165) is 31.4 Å². The molecule has 1 aliphatic carbocycles. The summed E-state index contributed by atoms with van der Waals surface area (Å²) in [6, 6.07) is 3.16. The highest BCUT2D eigenvalue weighted by atomic mass is 19.1. The van der Waals surface area contributed by atoms with E-state index in [0.29, 0.717) is 19.4 Å². The molecule has 3 aliphatic rings. The molecule has 16 heteroatoms. The zero-order valence-corrected chi connectivity index (χ0v) is 27.3. The van der Waals surface area contributed by atoms with Gasteiger partial charge in [-0.25, -0.2) is 14.2 Å². The van der Waals surface area contributed by atoms with Crippen molar-refractivity contribution in [3.63, 3.8) is 0 Å². The quantitative estimate of drug-likeness (QED) is 0.297. The number of hydrogen-bond donors (Lipinski definition) is 3. The van der Waals surface area contributed by atoms with Crippen LogP contribution in [0.5, 0.6) is 5.75 Å². The lowest BCUT2D eigenvalue weighted by Crippen LogP contribution is -2.56. The normalized spacial score (nSPS) is 18.4. The van der Waals surface area contributed by atoms with Gasteiger partial charge in [0.2, 0.25) is 11.8 Å². The van der Waals surface area contributed by atoms with Crippen LogP contribution >= 0.6 is 0 Å². The zero-order valence-electron chi connectivity index (χ0n) is 27.3.